The van der Waals surface area contributed by atoms with Crippen molar-refractivity contribution in [2.24, 2.45) is 23.5 Å². The quantitative estimate of drug-likeness (QED) is 0.737. The first-order chi connectivity index (χ1) is 7.55. The van der Waals surface area contributed by atoms with Crippen LogP contribution in [0.4, 0.5) is 0 Å². The van der Waals surface area contributed by atoms with E-state index in [1.807, 2.05) is 0 Å². The van der Waals surface area contributed by atoms with Crippen molar-refractivity contribution in [2.45, 2.75) is 38.6 Å². The van der Waals surface area contributed by atoms with Crippen LogP contribution in [0.3, 0.4) is 0 Å². The Hall–Kier alpha value is -0.120. The highest BCUT2D eigenvalue weighted by Gasteiger charge is 2.43. The van der Waals surface area contributed by atoms with Crippen LogP contribution in [0.5, 0.6) is 0 Å². The highest BCUT2D eigenvalue weighted by molar-refractivity contribution is 5.01. The van der Waals surface area contributed by atoms with Gasteiger partial charge in [0.05, 0.1) is 12.1 Å². The Kier molecular flexibility index (Phi) is 3.57. The van der Waals surface area contributed by atoms with Gasteiger partial charge in [-0.2, -0.15) is 0 Å². The number of aliphatic hydroxyl groups is 1. The molecule has 0 amide bonds. The van der Waals surface area contributed by atoms with E-state index in [0.717, 1.165) is 24.9 Å². The van der Waals surface area contributed by atoms with Gasteiger partial charge in [0.15, 0.2) is 0 Å². The molecule has 0 spiro atoms. The van der Waals surface area contributed by atoms with Crippen LogP contribution in [-0.4, -0.2) is 41.8 Å². The fourth-order valence-corrected chi connectivity index (χ4v) is 2.93. The first kappa shape index (κ1) is 12.3. The minimum atomic E-state index is -0.328. The highest BCUT2D eigenvalue weighted by atomic mass is 16.3. The van der Waals surface area contributed by atoms with Gasteiger partial charge in [-0.1, -0.05) is 13.8 Å². The Labute approximate surface area is 99.0 Å². The molecule has 1 saturated carbocycles. The first-order valence-electron chi connectivity index (χ1n) is 6.67. The maximum atomic E-state index is 9.48. The molecule has 2 fully saturated rings. The Bertz CT molecular complexity index is 240. The van der Waals surface area contributed by atoms with E-state index in [2.05, 4.69) is 18.7 Å². The average molecular weight is 226 g/mol. The fraction of sp³-hybridized carbons (Fsp3) is 1.00. The Balaban J connectivity index is 1.85. The van der Waals surface area contributed by atoms with Crippen LogP contribution in [0.15, 0.2) is 0 Å². The predicted molar refractivity (Wildman–Crippen MR) is 66.1 cm³/mol. The van der Waals surface area contributed by atoms with Crippen LogP contribution in [0.25, 0.3) is 0 Å². The number of likely N-dealkylation sites (tertiary alicyclic amines) is 1. The smallest absolute Gasteiger partial charge is 0.0626 e. The summed E-state index contributed by atoms with van der Waals surface area (Å²) >= 11 is 0. The van der Waals surface area contributed by atoms with E-state index >= 15 is 0 Å². The minimum absolute atomic E-state index is 0.139. The topological polar surface area (TPSA) is 49.5 Å². The molecule has 3 heteroatoms. The lowest BCUT2D eigenvalue weighted by atomic mass is 9.94. The SMILES string of the molecule is CC(C)C1CCN(CC(N)(CO)C2CC2)C1. The zero-order chi connectivity index (χ0) is 11.8. The summed E-state index contributed by atoms with van der Waals surface area (Å²) in [5, 5.41) is 9.48. The normalized spacial score (nSPS) is 30.9. The van der Waals surface area contributed by atoms with E-state index in [9.17, 15) is 5.11 Å². The standard InChI is InChI=1S/C13H26N2O/c1-10(2)11-5-6-15(7-11)8-13(14,9-16)12-3-4-12/h10-12,16H,3-9,14H2,1-2H3. The second-order valence-electron chi connectivity index (χ2n) is 6.19. The molecule has 1 saturated heterocycles. The van der Waals surface area contributed by atoms with Crippen molar-refractivity contribution in [1.29, 1.82) is 0 Å². The summed E-state index contributed by atoms with van der Waals surface area (Å²) in [6.07, 6.45) is 3.71. The minimum Gasteiger partial charge on any atom is -0.394 e. The third kappa shape index (κ3) is 2.58. The fourth-order valence-electron chi connectivity index (χ4n) is 2.93. The van der Waals surface area contributed by atoms with Crippen LogP contribution in [-0.2, 0) is 0 Å². The maximum Gasteiger partial charge on any atom is 0.0626 e. The molecule has 0 bridgehead atoms. The van der Waals surface area contributed by atoms with E-state index in [1.165, 1.54) is 25.8 Å². The van der Waals surface area contributed by atoms with Gasteiger partial charge in [0.2, 0.25) is 0 Å². The van der Waals surface area contributed by atoms with Crippen molar-refractivity contribution >= 4 is 0 Å². The van der Waals surface area contributed by atoms with Gasteiger partial charge in [0.1, 0.15) is 0 Å². The van der Waals surface area contributed by atoms with E-state index in [0.29, 0.717) is 5.92 Å². The predicted octanol–water partition coefficient (Wildman–Crippen LogP) is 1.06. The van der Waals surface area contributed by atoms with Gasteiger partial charge in [-0.15, -0.1) is 0 Å². The molecule has 1 heterocycles. The van der Waals surface area contributed by atoms with Crippen LogP contribution < -0.4 is 5.73 Å². The molecule has 2 rings (SSSR count). The molecule has 2 atom stereocenters. The maximum absolute atomic E-state index is 9.48. The molecule has 3 N–H and O–H groups in total. The molecular weight excluding hydrogens is 200 g/mol. The largest absolute Gasteiger partial charge is 0.394 e. The number of hydrogen-bond acceptors (Lipinski definition) is 3. The zero-order valence-corrected chi connectivity index (χ0v) is 10.7. The molecule has 3 nitrogen and oxygen atoms in total. The molecule has 0 aromatic heterocycles. The molecule has 2 unspecified atom stereocenters. The first-order valence-corrected chi connectivity index (χ1v) is 6.67. The summed E-state index contributed by atoms with van der Waals surface area (Å²) in [6, 6.07) is 0. The van der Waals surface area contributed by atoms with Crippen LogP contribution >= 0.6 is 0 Å². The molecule has 1 aliphatic heterocycles. The average Bonchev–Trinajstić information content (AvgIpc) is 3.00. The van der Waals surface area contributed by atoms with Gasteiger partial charge in [0.25, 0.3) is 0 Å². The summed E-state index contributed by atoms with van der Waals surface area (Å²) in [5.74, 6) is 2.16. The molecular formula is C13H26N2O. The monoisotopic (exact) mass is 226 g/mol. The van der Waals surface area contributed by atoms with Gasteiger partial charge < -0.3 is 15.7 Å². The number of nitrogens with two attached hydrogens (primary N) is 1. The van der Waals surface area contributed by atoms with Crippen molar-refractivity contribution in [3.05, 3.63) is 0 Å². The van der Waals surface area contributed by atoms with Crippen molar-refractivity contribution in [1.82, 2.24) is 4.90 Å². The van der Waals surface area contributed by atoms with E-state index < -0.39 is 0 Å². The number of nitrogens with zero attached hydrogens (tertiary/aromatic N) is 1. The Morgan fingerprint density at radius 1 is 1.38 bits per heavy atom. The third-order valence-electron chi connectivity index (χ3n) is 4.45. The van der Waals surface area contributed by atoms with Gasteiger partial charge in [-0.05, 0) is 43.6 Å². The lowest BCUT2D eigenvalue weighted by molar-refractivity contribution is 0.129. The van der Waals surface area contributed by atoms with E-state index in [1.54, 1.807) is 0 Å². The van der Waals surface area contributed by atoms with E-state index in [4.69, 9.17) is 5.73 Å². The second-order valence-corrected chi connectivity index (χ2v) is 6.19. The van der Waals surface area contributed by atoms with Gasteiger partial charge in [0, 0.05) is 13.1 Å². The summed E-state index contributed by atoms with van der Waals surface area (Å²) < 4.78 is 0. The van der Waals surface area contributed by atoms with Crippen molar-refractivity contribution < 1.29 is 5.11 Å². The second kappa shape index (κ2) is 4.63. The lowest BCUT2D eigenvalue weighted by Gasteiger charge is -2.32. The number of hydrogen-bond donors (Lipinski definition) is 2. The molecule has 16 heavy (non-hydrogen) atoms. The van der Waals surface area contributed by atoms with Gasteiger partial charge >= 0.3 is 0 Å². The van der Waals surface area contributed by atoms with E-state index in [-0.39, 0.29) is 12.1 Å². The highest BCUT2D eigenvalue weighted by Crippen LogP contribution is 2.39. The van der Waals surface area contributed by atoms with Crippen molar-refractivity contribution in [3.63, 3.8) is 0 Å². The number of aliphatic hydroxyl groups excluding tert-OH is 1. The Morgan fingerprint density at radius 3 is 2.50 bits per heavy atom. The Morgan fingerprint density at radius 2 is 2.06 bits per heavy atom. The molecule has 1 aliphatic carbocycles. The third-order valence-corrected chi connectivity index (χ3v) is 4.45. The lowest BCUT2D eigenvalue weighted by Crippen LogP contribution is -2.54. The van der Waals surface area contributed by atoms with Gasteiger partial charge in [-0.25, -0.2) is 0 Å². The summed E-state index contributed by atoms with van der Waals surface area (Å²) in [6.45, 7) is 7.96. The van der Waals surface area contributed by atoms with Crippen molar-refractivity contribution in [2.75, 3.05) is 26.2 Å². The summed E-state index contributed by atoms with van der Waals surface area (Å²) in [4.78, 5) is 2.46. The van der Waals surface area contributed by atoms with Crippen molar-refractivity contribution in [3.8, 4) is 0 Å². The molecule has 0 radical (unpaired) electrons. The molecule has 0 aromatic carbocycles. The van der Waals surface area contributed by atoms with Crippen LogP contribution in [0, 0.1) is 17.8 Å². The van der Waals surface area contributed by atoms with Crippen LogP contribution in [0.1, 0.15) is 33.1 Å². The molecule has 94 valence electrons. The van der Waals surface area contributed by atoms with Gasteiger partial charge in [-0.3, -0.25) is 0 Å². The van der Waals surface area contributed by atoms with Crippen LogP contribution in [0.2, 0.25) is 0 Å². The summed E-state index contributed by atoms with van der Waals surface area (Å²) in [7, 11) is 0. The summed E-state index contributed by atoms with van der Waals surface area (Å²) in [5.41, 5.74) is 5.98. The molecule has 0 aromatic rings. The number of rotatable bonds is 5. The zero-order valence-electron chi connectivity index (χ0n) is 10.7. The molecule has 2 aliphatic rings.